The first-order valence-electron chi connectivity index (χ1n) is 9.31. The Balaban J connectivity index is 1.58. The van der Waals surface area contributed by atoms with Crippen LogP contribution in [0.4, 0.5) is 11.4 Å². The molecule has 0 aliphatic carbocycles. The summed E-state index contributed by atoms with van der Waals surface area (Å²) in [5, 5.41) is 3.86. The average molecular weight is 455 g/mol. The minimum absolute atomic E-state index is 0.0586. The Morgan fingerprint density at radius 1 is 0.931 bits per heavy atom. The van der Waals surface area contributed by atoms with E-state index in [-0.39, 0.29) is 17.7 Å². The molecule has 0 radical (unpaired) electrons. The second kappa shape index (κ2) is 9.35. The van der Waals surface area contributed by atoms with Crippen LogP contribution in [0.25, 0.3) is 0 Å². The molecule has 0 spiro atoms. The Kier molecular flexibility index (Phi) is 7.06. The highest BCUT2D eigenvalue weighted by atomic mass is 35.5. The number of anilines is 2. The second-order valence-corrected chi connectivity index (χ2v) is 8.26. The van der Waals surface area contributed by atoms with Gasteiger partial charge in [0, 0.05) is 37.4 Å². The van der Waals surface area contributed by atoms with Gasteiger partial charge in [-0.2, -0.15) is 0 Å². The summed E-state index contributed by atoms with van der Waals surface area (Å²) >= 11 is 18.1. The molecule has 0 aromatic heterocycles. The van der Waals surface area contributed by atoms with Crippen molar-refractivity contribution in [2.45, 2.75) is 19.9 Å². The van der Waals surface area contributed by atoms with Gasteiger partial charge in [0.25, 0.3) is 0 Å². The first-order chi connectivity index (χ1) is 13.8. The van der Waals surface area contributed by atoms with Crippen molar-refractivity contribution in [2.75, 3.05) is 36.4 Å². The minimum Gasteiger partial charge on any atom is -0.369 e. The Labute approximate surface area is 185 Å². The largest absolute Gasteiger partial charge is 0.369 e. The predicted octanol–water partition coefficient (Wildman–Crippen LogP) is 5.00. The third-order valence-electron chi connectivity index (χ3n) is 5.15. The molecule has 1 amide bonds. The summed E-state index contributed by atoms with van der Waals surface area (Å²) in [7, 11) is 0. The lowest BCUT2D eigenvalue weighted by atomic mass is 10.1. The zero-order valence-electron chi connectivity index (χ0n) is 16.2. The molecule has 0 saturated carbocycles. The van der Waals surface area contributed by atoms with E-state index in [4.69, 9.17) is 34.8 Å². The molecule has 8 heteroatoms. The molecule has 1 atom stereocenters. The molecule has 1 N–H and O–H groups in total. The van der Waals surface area contributed by atoms with E-state index in [2.05, 4.69) is 15.1 Å². The summed E-state index contributed by atoms with van der Waals surface area (Å²) in [5.74, 6) is -0.0900. The van der Waals surface area contributed by atoms with Crippen LogP contribution in [0.15, 0.2) is 36.4 Å². The predicted molar refractivity (Wildman–Crippen MR) is 120 cm³/mol. The number of carbonyl (C=O) groups excluding carboxylic acids is 2. The molecule has 3 rings (SSSR count). The summed E-state index contributed by atoms with van der Waals surface area (Å²) in [6, 6.07) is 10.4. The van der Waals surface area contributed by atoms with Gasteiger partial charge < -0.3 is 10.2 Å². The molecule has 1 saturated heterocycles. The van der Waals surface area contributed by atoms with Gasteiger partial charge in [-0.25, -0.2) is 0 Å². The van der Waals surface area contributed by atoms with Crippen LogP contribution in [0.2, 0.25) is 15.1 Å². The summed E-state index contributed by atoms with van der Waals surface area (Å²) in [6.45, 7) is 6.52. The van der Waals surface area contributed by atoms with Crippen molar-refractivity contribution in [1.82, 2.24) is 4.90 Å². The molecule has 1 aliphatic rings. The third-order valence-corrected chi connectivity index (χ3v) is 6.18. The maximum absolute atomic E-state index is 12.7. The number of Topliss-reactive ketones (excluding diaryl/α,β-unsaturated/α-hetero) is 1. The number of nitrogens with one attached hydrogen (secondary N) is 1. The van der Waals surface area contributed by atoms with Gasteiger partial charge in [-0.3, -0.25) is 14.5 Å². The fourth-order valence-electron chi connectivity index (χ4n) is 3.30. The molecule has 2 aromatic carbocycles. The fraction of sp³-hybridized carbons (Fsp3) is 0.333. The maximum atomic E-state index is 12.7. The van der Waals surface area contributed by atoms with Crippen molar-refractivity contribution in [2.24, 2.45) is 0 Å². The van der Waals surface area contributed by atoms with E-state index in [0.717, 1.165) is 31.9 Å². The molecule has 1 aliphatic heterocycles. The second-order valence-electron chi connectivity index (χ2n) is 7.04. The van der Waals surface area contributed by atoms with E-state index in [0.29, 0.717) is 26.3 Å². The molecule has 0 unspecified atom stereocenters. The molecule has 1 fully saturated rings. The molecule has 29 heavy (non-hydrogen) atoms. The number of piperazine rings is 1. The van der Waals surface area contributed by atoms with Gasteiger partial charge in [0.2, 0.25) is 5.91 Å². The van der Waals surface area contributed by atoms with Gasteiger partial charge in [-0.05, 0) is 50.2 Å². The maximum Gasteiger partial charge on any atom is 0.241 e. The molecule has 1 heterocycles. The van der Waals surface area contributed by atoms with Gasteiger partial charge in [-0.15, -0.1) is 0 Å². The number of halogens is 3. The number of hydrogen-bond donors (Lipinski definition) is 1. The standard InChI is InChI=1S/C21H22Cl3N3O2/c1-13(21(29)25-20-12-18(23)17(22)11-19(20)24)26-7-9-27(10-8-26)16-5-3-15(4-6-16)14(2)28/h3-6,11-13H,7-10H2,1-2H3,(H,25,29)/t13-/m1/s1. The van der Waals surface area contributed by atoms with Gasteiger partial charge in [0.15, 0.2) is 5.78 Å². The highest BCUT2D eigenvalue weighted by Gasteiger charge is 2.26. The van der Waals surface area contributed by atoms with Crippen LogP contribution in [-0.4, -0.2) is 48.8 Å². The normalized spacial score (nSPS) is 15.8. The van der Waals surface area contributed by atoms with E-state index < -0.39 is 0 Å². The first kappa shape index (κ1) is 21.9. The van der Waals surface area contributed by atoms with Crippen molar-refractivity contribution < 1.29 is 9.59 Å². The van der Waals surface area contributed by atoms with Gasteiger partial charge in [0.1, 0.15) is 0 Å². The van der Waals surface area contributed by atoms with E-state index in [1.54, 1.807) is 13.0 Å². The average Bonchev–Trinajstić information content (AvgIpc) is 2.71. The van der Waals surface area contributed by atoms with Crippen molar-refractivity contribution >= 4 is 57.9 Å². The molecule has 5 nitrogen and oxygen atoms in total. The lowest BCUT2D eigenvalue weighted by Gasteiger charge is -2.38. The Morgan fingerprint density at radius 2 is 1.52 bits per heavy atom. The minimum atomic E-state index is -0.317. The van der Waals surface area contributed by atoms with Crippen molar-refractivity contribution in [1.29, 1.82) is 0 Å². The molecule has 154 valence electrons. The van der Waals surface area contributed by atoms with Crippen molar-refractivity contribution in [3.63, 3.8) is 0 Å². The molecule has 0 bridgehead atoms. The number of carbonyl (C=O) groups is 2. The lowest BCUT2D eigenvalue weighted by molar-refractivity contribution is -0.120. The third kappa shape index (κ3) is 5.23. The molecular weight excluding hydrogens is 433 g/mol. The van der Waals surface area contributed by atoms with Crippen LogP contribution < -0.4 is 10.2 Å². The van der Waals surface area contributed by atoms with Gasteiger partial charge in [-0.1, -0.05) is 34.8 Å². The van der Waals surface area contributed by atoms with Crippen LogP contribution >= 0.6 is 34.8 Å². The Bertz CT molecular complexity index is 910. The SMILES string of the molecule is CC(=O)c1ccc(N2CCN([C@H](C)C(=O)Nc3cc(Cl)c(Cl)cc3Cl)CC2)cc1. The van der Waals surface area contributed by atoms with Crippen LogP contribution in [-0.2, 0) is 4.79 Å². The zero-order chi connectivity index (χ0) is 21.1. The number of nitrogens with zero attached hydrogens (tertiary/aromatic N) is 2. The summed E-state index contributed by atoms with van der Waals surface area (Å²) in [4.78, 5) is 28.5. The topological polar surface area (TPSA) is 52.7 Å². The van der Waals surface area contributed by atoms with E-state index in [1.807, 2.05) is 31.2 Å². The summed E-state index contributed by atoms with van der Waals surface area (Å²) < 4.78 is 0. The van der Waals surface area contributed by atoms with Crippen molar-refractivity contribution in [3.8, 4) is 0 Å². The Morgan fingerprint density at radius 3 is 2.10 bits per heavy atom. The number of hydrogen-bond acceptors (Lipinski definition) is 4. The van der Waals surface area contributed by atoms with Crippen LogP contribution in [0.1, 0.15) is 24.2 Å². The van der Waals surface area contributed by atoms with Crippen LogP contribution in [0.3, 0.4) is 0 Å². The lowest BCUT2D eigenvalue weighted by Crippen LogP contribution is -2.52. The quantitative estimate of drug-likeness (QED) is 0.510. The highest BCUT2D eigenvalue weighted by molar-refractivity contribution is 6.44. The summed E-state index contributed by atoms with van der Waals surface area (Å²) in [6.07, 6.45) is 0. The van der Waals surface area contributed by atoms with Gasteiger partial charge >= 0.3 is 0 Å². The van der Waals surface area contributed by atoms with E-state index in [9.17, 15) is 9.59 Å². The number of benzene rings is 2. The molecular formula is C21H22Cl3N3O2. The van der Waals surface area contributed by atoms with Gasteiger partial charge in [0.05, 0.1) is 26.8 Å². The highest BCUT2D eigenvalue weighted by Crippen LogP contribution is 2.32. The fourth-order valence-corrected chi connectivity index (χ4v) is 3.89. The number of amides is 1. The summed E-state index contributed by atoms with van der Waals surface area (Å²) in [5.41, 5.74) is 2.23. The number of ketones is 1. The van der Waals surface area contributed by atoms with E-state index >= 15 is 0 Å². The monoisotopic (exact) mass is 453 g/mol. The van der Waals surface area contributed by atoms with Crippen molar-refractivity contribution in [3.05, 3.63) is 57.0 Å². The zero-order valence-corrected chi connectivity index (χ0v) is 18.5. The van der Waals surface area contributed by atoms with Crippen LogP contribution in [0, 0.1) is 0 Å². The van der Waals surface area contributed by atoms with Crippen LogP contribution in [0.5, 0.6) is 0 Å². The Hall–Kier alpha value is -1.79. The molecule has 2 aromatic rings. The smallest absolute Gasteiger partial charge is 0.241 e. The van der Waals surface area contributed by atoms with E-state index in [1.165, 1.54) is 6.07 Å². The first-order valence-corrected chi connectivity index (χ1v) is 10.4. The number of rotatable bonds is 5.